The van der Waals surface area contributed by atoms with Crippen LogP contribution >= 0.6 is 11.6 Å². The Balaban J connectivity index is 2.85. The lowest BCUT2D eigenvalue weighted by molar-refractivity contribution is 0.423. The molecule has 1 heterocycles. The van der Waals surface area contributed by atoms with E-state index in [1.54, 1.807) is 31.2 Å². The number of benzene rings is 1. The Morgan fingerprint density at radius 3 is 2.61 bits per heavy atom. The fourth-order valence-corrected chi connectivity index (χ4v) is 1.96. The van der Waals surface area contributed by atoms with Gasteiger partial charge in [0.1, 0.15) is 0 Å². The van der Waals surface area contributed by atoms with Crippen molar-refractivity contribution in [3.63, 3.8) is 0 Å². The van der Waals surface area contributed by atoms with Gasteiger partial charge in [-0.05, 0) is 18.6 Å². The van der Waals surface area contributed by atoms with Crippen molar-refractivity contribution in [3.8, 4) is 11.6 Å². The van der Waals surface area contributed by atoms with E-state index in [1.165, 1.54) is 0 Å². The molecule has 0 amide bonds. The van der Waals surface area contributed by atoms with Gasteiger partial charge in [-0.1, -0.05) is 30.7 Å². The molecule has 94 valence electrons. The third-order valence-corrected chi connectivity index (χ3v) is 2.95. The van der Waals surface area contributed by atoms with Gasteiger partial charge >= 0.3 is 5.69 Å². The molecular formula is C12H11ClN2O3. The van der Waals surface area contributed by atoms with Crippen LogP contribution in [0.3, 0.4) is 0 Å². The molecule has 0 bridgehead atoms. The van der Waals surface area contributed by atoms with E-state index in [2.05, 4.69) is 4.98 Å². The van der Waals surface area contributed by atoms with Crippen LogP contribution in [0.4, 0.5) is 0 Å². The van der Waals surface area contributed by atoms with Crippen molar-refractivity contribution in [1.82, 2.24) is 9.55 Å². The van der Waals surface area contributed by atoms with Crippen molar-refractivity contribution < 1.29 is 5.11 Å². The maximum absolute atomic E-state index is 11.8. The summed E-state index contributed by atoms with van der Waals surface area (Å²) in [7, 11) is 0. The van der Waals surface area contributed by atoms with Gasteiger partial charge in [0.2, 0.25) is 5.88 Å². The zero-order valence-electron chi connectivity index (χ0n) is 9.61. The molecule has 0 aliphatic carbocycles. The molecule has 2 rings (SSSR count). The van der Waals surface area contributed by atoms with Crippen molar-refractivity contribution in [1.29, 1.82) is 0 Å². The Labute approximate surface area is 107 Å². The van der Waals surface area contributed by atoms with E-state index in [9.17, 15) is 14.7 Å². The molecule has 2 N–H and O–H groups in total. The van der Waals surface area contributed by atoms with Crippen LogP contribution in [0.25, 0.3) is 5.69 Å². The van der Waals surface area contributed by atoms with Gasteiger partial charge < -0.3 is 5.11 Å². The summed E-state index contributed by atoms with van der Waals surface area (Å²) >= 11 is 5.98. The van der Waals surface area contributed by atoms with Crippen LogP contribution in [-0.2, 0) is 6.42 Å². The number of aromatic nitrogens is 2. The summed E-state index contributed by atoms with van der Waals surface area (Å²) in [6.45, 7) is 1.71. The molecule has 6 heteroatoms. The number of nitrogens with zero attached hydrogens (tertiary/aromatic N) is 1. The quantitative estimate of drug-likeness (QED) is 0.864. The Bertz CT molecular complexity index is 703. The van der Waals surface area contributed by atoms with Crippen molar-refractivity contribution in [2.24, 2.45) is 0 Å². The zero-order chi connectivity index (χ0) is 13.3. The van der Waals surface area contributed by atoms with E-state index in [-0.39, 0.29) is 11.4 Å². The highest BCUT2D eigenvalue weighted by molar-refractivity contribution is 6.32. The summed E-state index contributed by atoms with van der Waals surface area (Å²) in [5.74, 6) is -0.376. The number of H-pyrrole nitrogens is 1. The van der Waals surface area contributed by atoms with Crippen molar-refractivity contribution in [2.45, 2.75) is 13.3 Å². The molecule has 0 radical (unpaired) electrons. The monoisotopic (exact) mass is 266 g/mol. The lowest BCUT2D eigenvalue weighted by Crippen LogP contribution is -2.31. The molecular weight excluding hydrogens is 256 g/mol. The van der Waals surface area contributed by atoms with Crippen molar-refractivity contribution in [3.05, 3.63) is 55.7 Å². The molecule has 0 aliphatic rings. The first kappa shape index (κ1) is 12.4. The molecule has 1 aromatic carbocycles. The fourth-order valence-electron chi connectivity index (χ4n) is 1.74. The van der Waals surface area contributed by atoms with E-state index in [4.69, 9.17) is 11.6 Å². The average Bonchev–Trinajstić information content (AvgIpc) is 2.31. The van der Waals surface area contributed by atoms with Crippen LogP contribution in [0.5, 0.6) is 5.88 Å². The number of nitrogens with one attached hydrogen (secondary N) is 1. The maximum Gasteiger partial charge on any atom is 0.335 e. The summed E-state index contributed by atoms with van der Waals surface area (Å²) in [6.07, 6.45) is 0.311. The lowest BCUT2D eigenvalue weighted by Gasteiger charge is -2.11. The predicted molar refractivity (Wildman–Crippen MR) is 68.7 cm³/mol. The average molecular weight is 267 g/mol. The summed E-state index contributed by atoms with van der Waals surface area (Å²) in [6, 6.07) is 6.57. The molecule has 0 unspecified atom stereocenters. The number of aromatic amines is 1. The Kier molecular flexibility index (Phi) is 3.25. The van der Waals surface area contributed by atoms with Gasteiger partial charge in [0.05, 0.1) is 16.3 Å². The lowest BCUT2D eigenvalue weighted by atomic mass is 10.2. The number of rotatable bonds is 2. The van der Waals surface area contributed by atoms with Crippen LogP contribution < -0.4 is 11.2 Å². The first-order valence-electron chi connectivity index (χ1n) is 5.38. The fraction of sp³-hybridized carbons (Fsp3) is 0.167. The predicted octanol–water partition coefficient (Wildman–Crippen LogP) is 1.45. The first-order chi connectivity index (χ1) is 8.56. The SMILES string of the molecule is CCc1c(O)n(-c2ccccc2Cl)c(=O)[nH]c1=O. The van der Waals surface area contributed by atoms with Gasteiger partial charge in [-0.25, -0.2) is 9.36 Å². The van der Waals surface area contributed by atoms with Crippen LogP contribution in [0, 0.1) is 0 Å². The second-order valence-electron chi connectivity index (χ2n) is 3.70. The third kappa shape index (κ3) is 1.93. The molecule has 0 aliphatic heterocycles. The summed E-state index contributed by atoms with van der Waals surface area (Å²) in [5, 5.41) is 10.3. The minimum Gasteiger partial charge on any atom is -0.494 e. The highest BCUT2D eigenvalue weighted by atomic mass is 35.5. The van der Waals surface area contributed by atoms with E-state index < -0.39 is 11.2 Å². The standard InChI is InChI=1S/C12H11ClN2O3/c1-2-7-10(16)14-12(18)15(11(7)17)9-6-4-3-5-8(9)13/h3-6,17H,2H2,1H3,(H,14,16,18). The van der Waals surface area contributed by atoms with E-state index in [1.807, 2.05) is 0 Å². The second-order valence-corrected chi connectivity index (χ2v) is 4.11. The topological polar surface area (TPSA) is 75.1 Å². The number of aromatic hydroxyl groups is 1. The maximum atomic E-state index is 11.8. The highest BCUT2D eigenvalue weighted by Crippen LogP contribution is 2.23. The van der Waals surface area contributed by atoms with Crippen LogP contribution in [0.15, 0.2) is 33.9 Å². The molecule has 1 aromatic heterocycles. The molecule has 18 heavy (non-hydrogen) atoms. The van der Waals surface area contributed by atoms with Gasteiger partial charge in [-0.2, -0.15) is 0 Å². The zero-order valence-corrected chi connectivity index (χ0v) is 10.4. The first-order valence-corrected chi connectivity index (χ1v) is 5.76. The normalized spacial score (nSPS) is 10.6. The molecule has 0 spiro atoms. The van der Waals surface area contributed by atoms with E-state index in [0.29, 0.717) is 17.1 Å². The van der Waals surface area contributed by atoms with Gasteiger partial charge in [0.25, 0.3) is 5.56 Å². The molecule has 0 atom stereocenters. The highest BCUT2D eigenvalue weighted by Gasteiger charge is 2.15. The van der Waals surface area contributed by atoms with Crippen LogP contribution in [0.2, 0.25) is 5.02 Å². The molecule has 2 aromatic rings. The summed E-state index contributed by atoms with van der Waals surface area (Å²) < 4.78 is 0.989. The minimum atomic E-state index is -0.720. The number of halogens is 1. The minimum absolute atomic E-state index is 0.148. The Hall–Kier alpha value is -2.01. The third-order valence-electron chi connectivity index (χ3n) is 2.63. The van der Waals surface area contributed by atoms with Crippen molar-refractivity contribution >= 4 is 11.6 Å². The molecule has 5 nitrogen and oxygen atoms in total. The van der Waals surface area contributed by atoms with Crippen molar-refractivity contribution in [2.75, 3.05) is 0 Å². The molecule has 0 saturated heterocycles. The second kappa shape index (κ2) is 4.70. The van der Waals surface area contributed by atoms with E-state index in [0.717, 1.165) is 4.57 Å². The smallest absolute Gasteiger partial charge is 0.335 e. The summed E-state index contributed by atoms with van der Waals surface area (Å²) in [5.41, 5.74) is -0.826. The summed E-state index contributed by atoms with van der Waals surface area (Å²) in [4.78, 5) is 25.4. The van der Waals surface area contributed by atoms with Gasteiger partial charge in [0.15, 0.2) is 0 Å². The number of para-hydroxylation sites is 1. The van der Waals surface area contributed by atoms with Gasteiger partial charge in [-0.3, -0.25) is 9.78 Å². The van der Waals surface area contributed by atoms with Gasteiger partial charge in [-0.15, -0.1) is 0 Å². The van der Waals surface area contributed by atoms with Crippen LogP contribution in [-0.4, -0.2) is 14.7 Å². The van der Waals surface area contributed by atoms with E-state index >= 15 is 0 Å². The molecule has 0 saturated carbocycles. The number of hydrogen-bond donors (Lipinski definition) is 2. The number of hydrogen-bond acceptors (Lipinski definition) is 3. The Morgan fingerprint density at radius 2 is 2.00 bits per heavy atom. The molecule has 0 fully saturated rings. The largest absolute Gasteiger partial charge is 0.494 e. The van der Waals surface area contributed by atoms with Gasteiger partial charge in [0, 0.05) is 0 Å². The Morgan fingerprint density at radius 1 is 1.33 bits per heavy atom. The van der Waals surface area contributed by atoms with Crippen LogP contribution in [0.1, 0.15) is 12.5 Å².